The molecular formula is C21H22O6. The molecule has 0 heterocycles. The first-order valence-electron chi connectivity index (χ1n) is 8.41. The SMILES string of the molecule is CCc1c(O)cc(O)c(-c2ccccc2)c1C=CC(C(=O)OC)C(=O)OC. The monoisotopic (exact) mass is 370 g/mol. The van der Waals surface area contributed by atoms with Crippen LogP contribution in [0.1, 0.15) is 18.1 Å². The summed E-state index contributed by atoms with van der Waals surface area (Å²) in [5.74, 6) is -2.95. The highest BCUT2D eigenvalue weighted by molar-refractivity contribution is 5.98. The lowest BCUT2D eigenvalue weighted by Crippen LogP contribution is -2.24. The fourth-order valence-corrected chi connectivity index (χ4v) is 2.88. The van der Waals surface area contributed by atoms with Crippen LogP contribution >= 0.6 is 0 Å². The number of benzene rings is 2. The number of phenols is 2. The van der Waals surface area contributed by atoms with E-state index in [1.54, 1.807) is 0 Å². The van der Waals surface area contributed by atoms with E-state index in [9.17, 15) is 19.8 Å². The second-order valence-corrected chi connectivity index (χ2v) is 5.78. The lowest BCUT2D eigenvalue weighted by molar-refractivity contribution is -0.156. The fourth-order valence-electron chi connectivity index (χ4n) is 2.88. The molecule has 0 bridgehead atoms. The maximum Gasteiger partial charge on any atom is 0.323 e. The van der Waals surface area contributed by atoms with Crippen molar-refractivity contribution in [1.29, 1.82) is 0 Å². The fraction of sp³-hybridized carbons (Fsp3) is 0.238. The molecule has 0 aliphatic heterocycles. The Morgan fingerprint density at radius 3 is 2.15 bits per heavy atom. The number of ether oxygens (including phenoxy) is 2. The zero-order valence-electron chi connectivity index (χ0n) is 15.4. The van der Waals surface area contributed by atoms with E-state index in [0.717, 1.165) is 5.56 Å². The highest BCUT2D eigenvalue weighted by Gasteiger charge is 2.26. The first-order valence-corrected chi connectivity index (χ1v) is 8.41. The number of rotatable bonds is 6. The Labute approximate surface area is 157 Å². The molecule has 0 unspecified atom stereocenters. The summed E-state index contributed by atoms with van der Waals surface area (Å²) in [6, 6.07) is 10.4. The van der Waals surface area contributed by atoms with Gasteiger partial charge in [0, 0.05) is 17.2 Å². The van der Waals surface area contributed by atoms with Crippen LogP contribution in [0.3, 0.4) is 0 Å². The topological polar surface area (TPSA) is 93.1 Å². The number of esters is 2. The van der Waals surface area contributed by atoms with Crippen LogP contribution in [0.25, 0.3) is 17.2 Å². The lowest BCUT2D eigenvalue weighted by Gasteiger charge is -2.16. The van der Waals surface area contributed by atoms with Gasteiger partial charge in [-0.1, -0.05) is 49.4 Å². The zero-order chi connectivity index (χ0) is 20.0. The lowest BCUT2D eigenvalue weighted by atomic mass is 9.91. The van der Waals surface area contributed by atoms with E-state index in [-0.39, 0.29) is 11.5 Å². The molecule has 2 aromatic rings. The van der Waals surface area contributed by atoms with Gasteiger partial charge in [-0.25, -0.2) is 0 Å². The minimum atomic E-state index is -1.25. The van der Waals surface area contributed by atoms with Crippen molar-refractivity contribution in [2.24, 2.45) is 5.92 Å². The molecule has 0 amide bonds. The highest BCUT2D eigenvalue weighted by atomic mass is 16.5. The Bertz CT molecular complexity index is 839. The normalized spacial score (nSPS) is 11.0. The molecule has 0 atom stereocenters. The molecule has 6 nitrogen and oxygen atoms in total. The third-order valence-electron chi connectivity index (χ3n) is 4.21. The summed E-state index contributed by atoms with van der Waals surface area (Å²) in [6.45, 7) is 1.86. The molecule has 142 valence electrons. The molecule has 0 fully saturated rings. The van der Waals surface area contributed by atoms with Crippen LogP contribution in [0.4, 0.5) is 0 Å². The Balaban J connectivity index is 2.66. The first kappa shape index (κ1) is 20.0. The van der Waals surface area contributed by atoms with Crippen LogP contribution in [-0.4, -0.2) is 36.4 Å². The molecule has 0 aromatic heterocycles. The average Bonchev–Trinajstić information content (AvgIpc) is 2.68. The molecule has 2 N–H and O–H groups in total. The predicted octanol–water partition coefficient (Wildman–Crippen LogP) is 3.30. The minimum absolute atomic E-state index is 0.0676. The highest BCUT2D eigenvalue weighted by Crippen LogP contribution is 2.40. The van der Waals surface area contributed by atoms with E-state index in [1.165, 1.54) is 32.4 Å². The van der Waals surface area contributed by atoms with Gasteiger partial charge < -0.3 is 19.7 Å². The number of carbonyl (C=O) groups excluding carboxylic acids is 2. The van der Waals surface area contributed by atoms with Gasteiger partial charge in [0.1, 0.15) is 11.5 Å². The molecule has 0 aliphatic carbocycles. The van der Waals surface area contributed by atoms with Crippen molar-refractivity contribution in [3.8, 4) is 22.6 Å². The maximum absolute atomic E-state index is 11.9. The van der Waals surface area contributed by atoms with Crippen molar-refractivity contribution in [3.63, 3.8) is 0 Å². The Morgan fingerprint density at radius 2 is 1.63 bits per heavy atom. The van der Waals surface area contributed by atoms with Gasteiger partial charge in [0.2, 0.25) is 0 Å². The summed E-state index contributed by atoms with van der Waals surface area (Å²) in [7, 11) is 2.36. The predicted molar refractivity (Wildman–Crippen MR) is 101 cm³/mol. The molecule has 0 radical (unpaired) electrons. The number of aromatic hydroxyl groups is 2. The van der Waals surface area contributed by atoms with E-state index in [0.29, 0.717) is 23.1 Å². The third-order valence-corrected chi connectivity index (χ3v) is 4.21. The standard InChI is InChI=1S/C21H22O6/c1-4-14-15(10-11-16(20(24)26-2)21(25)27-3)19(18(23)12-17(14)22)13-8-6-5-7-9-13/h5-12,16,22-23H,4H2,1-3H3. The molecular weight excluding hydrogens is 348 g/mol. The summed E-state index contributed by atoms with van der Waals surface area (Å²) < 4.78 is 9.31. The Hall–Kier alpha value is -3.28. The van der Waals surface area contributed by atoms with E-state index < -0.39 is 17.9 Å². The number of hydrogen-bond acceptors (Lipinski definition) is 6. The second-order valence-electron chi connectivity index (χ2n) is 5.78. The van der Waals surface area contributed by atoms with Crippen molar-refractivity contribution in [1.82, 2.24) is 0 Å². The van der Waals surface area contributed by atoms with Gasteiger partial charge in [-0.2, -0.15) is 0 Å². The molecule has 6 heteroatoms. The zero-order valence-corrected chi connectivity index (χ0v) is 15.4. The molecule has 2 rings (SSSR count). The van der Waals surface area contributed by atoms with Crippen molar-refractivity contribution >= 4 is 18.0 Å². The van der Waals surface area contributed by atoms with E-state index in [2.05, 4.69) is 9.47 Å². The second kappa shape index (κ2) is 8.89. The van der Waals surface area contributed by atoms with Gasteiger partial charge in [-0.15, -0.1) is 0 Å². The van der Waals surface area contributed by atoms with Crippen molar-refractivity contribution < 1.29 is 29.3 Å². The van der Waals surface area contributed by atoms with Crippen LogP contribution in [-0.2, 0) is 25.5 Å². The van der Waals surface area contributed by atoms with Gasteiger partial charge >= 0.3 is 11.9 Å². The van der Waals surface area contributed by atoms with Crippen LogP contribution in [0.15, 0.2) is 42.5 Å². The van der Waals surface area contributed by atoms with Crippen molar-refractivity contribution in [2.75, 3.05) is 14.2 Å². The van der Waals surface area contributed by atoms with Crippen LogP contribution in [0.2, 0.25) is 0 Å². The number of carbonyl (C=O) groups is 2. The summed E-state index contributed by atoms with van der Waals surface area (Å²) in [5, 5.41) is 20.7. The number of phenolic OH excluding ortho intramolecular Hbond substituents is 2. The molecule has 27 heavy (non-hydrogen) atoms. The average molecular weight is 370 g/mol. The van der Waals surface area contributed by atoms with E-state index in [1.807, 2.05) is 37.3 Å². The van der Waals surface area contributed by atoms with E-state index >= 15 is 0 Å². The van der Waals surface area contributed by atoms with Crippen molar-refractivity contribution in [2.45, 2.75) is 13.3 Å². The molecule has 0 spiro atoms. The largest absolute Gasteiger partial charge is 0.508 e. The van der Waals surface area contributed by atoms with Gasteiger partial charge in [0.25, 0.3) is 0 Å². The van der Waals surface area contributed by atoms with Crippen LogP contribution in [0.5, 0.6) is 11.5 Å². The molecule has 0 saturated heterocycles. The smallest absolute Gasteiger partial charge is 0.323 e. The summed E-state index contributed by atoms with van der Waals surface area (Å²) in [6.07, 6.45) is 3.35. The number of hydrogen-bond donors (Lipinski definition) is 2. The Morgan fingerprint density at radius 1 is 1.04 bits per heavy atom. The van der Waals surface area contributed by atoms with Crippen molar-refractivity contribution in [3.05, 3.63) is 53.6 Å². The maximum atomic E-state index is 11.9. The quantitative estimate of drug-likeness (QED) is 0.599. The van der Waals surface area contributed by atoms with Crippen LogP contribution in [0, 0.1) is 5.92 Å². The van der Waals surface area contributed by atoms with Gasteiger partial charge in [-0.05, 0) is 17.5 Å². The van der Waals surface area contributed by atoms with Gasteiger partial charge in [0.15, 0.2) is 5.92 Å². The molecule has 0 saturated carbocycles. The molecule has 0 aliphatic rings. The van der Waals surface area contributed by atoms with Crippen LogP contribution < -0.4 is 0 Å². The Kier molecular flexibility index (Phi) is 6.60. The number of methoxy groups -OCH3 is 2. The van der Waals surface area contributed by atoms with Gasteiger partial charge in [-0.3, -0.25) is 9.59 Å². The van der Waals surface area contributed by atoms with Gasteiger partial charge in [0.05, 0.1) is 14.2 Å². The minimum Gasteiger partial charge on any atom is -0.508 e. The summed E-state index contributed by atoms with van der Waals surface area (Å²) >= 11 is 0. The first-order chi connectivity index (χ1) is 12.9. The summed E-state index contributed by atoms with van der Waals surface area (Å²) in [4.78, 5) is 23.8. The van der Waals surface area contributed by atoms with E-state index in [4.69, 9.17) is 0 Å². The third kappa shape index (κ3) is 4.28. The summed E-state index contributed by atoms with van der Waals surface area (Å²) in [5.41, 5.74) is 2.32. The molecule has 2 aromatic carbocycles.